The molecule has 2 aromatic carbocycles. The van der Waals surface area contributed by atoms with E-state index in [9.17, 15) is 4.79 Å². The average Bonchev–Trinajstić information content (AvgIpc) is 3.30. The van der Waals surface area contributed by atoms with E-state index in [0.29, 0.717) is 13.0 Å². The van der Waals surface area contributed by atoms with E-state index in [1.165, 1.54) is 43.5 Å². The lowest BCUT2D eigenvalue weighted by molar-refractivity contribution is -0.115. The molecule has 4 rings (SSSR count). The fraction of sp³-hybridized carbons (Fsp3) is 0.458. The van der Waals surface area contributed by atoms with Gasteiger partial charge in [-0.25, -0.2) is 0 Å². The Labute approximate surface area is 174 Å². The van der Waals surface area contributed by atoms with Crippen molar-refractivity contribution in [1.82, 2.24) is 0 Å². The monoisotopic (exact) mass is 392 g/mol. The minimum Gasteiger partial charge on any atom is -0.385 e. The standard InChI is InChI=1S/C24H32N4O/c29-24(26-21-8-12-23(13-9-21)27-16-2-1-3-17-27)14-15-25-20-6-10-22(11-7-20)28-18-4-5-19-28/h6-13,25H,1-5,14-19H2,(H,26,29). The molecular weight excluding hydrogens is 360 g/mol. The first-order chi connectivity index (χ1) is 14.3. The highest BCUT2D eigenvalue weighted by Gasteiger charge is 2.12. The summed E-state index contributed by atoms with van der Waals surface area (Å²) in [5, 5.41) is 6.35. The maximum absolute atomic E-state index is 12.2. The molecule has 2 aromatic rings. The minimum atomic E-state index is 0.0388. The number of anilines is 4. The molecule has 2 aliphatic heterocycles. The largest absolute Gasteiger partial charge is 0.385 e. The lowest BCUT2D eigenvalue weighted by Gasteiger charge is -2.28. The molecule has 0 spiro atoms. The van der Waals surface area contributed by atoms with E-state index in [1.54, 1.807) is 0 Å². The smallest absolute Gasteiger partial charge is 0.226 e. The van der Waals surface area contributed by atoms with Crippen molar-refractivity contribution in [2.24, 2.45) is 0 Å². The van der Waals surface area contributed by atoms with Crippen molar-refractivity contribution >= 4 is 28.7 Å². The van der Waals surface area contributed by atoms with Crippen LogP contribution in [0.4, 0.5) is 22.7 Å². The van der Waals surface area contributed by atoms with Gasteiger partial charge in [0.05, 0.1) is 0 Å². The Hall–Kier alpha value is -2.69. The predicted octanol–water partition coefficient (Wildman–Crippen LogP) is 4.72. The first kappa shape index (κ1) is 19.6. The molecule has 5 nitrogen and oxygen atoms in total. The molecule has 0 atom stereocenters. The molecule has 2 saturated heterocycles. The summed E-state index contributed by atoms with van der Waals surface area (Å²) in [6.45, 7) is 5.21. The molecule has 0 aromatic heterocycles. The molecule has 2 heterocycles. The fourth-order valence-electron chi connectivity index (χ4n) is 4.22. The summed E-state index contributed by atoms with van der Waals surface area (Å²) in [5.74, 6) is 0.0388. The molecule has 0 aliphatic carbocycles. The molecular formula is C24H32N4O. The summed E-state index contributed by atoms with van der Waals surface area (Å²) in [7, 11) is 0. The normalized spacial score (nSPS) is 16.7. The van der Waals surface area contributed by atoms with Crippen molar-refractivity contribution in [3.05, 3.63) is 48.5 Å². The van der Waals surface area contributed by atoms with Crippen LogP contribution in [0, 0.1) is 0 Å². The van der Waals surface area contributed by atoms with Crippen LogP contribution in [-0.4, -0.2) is 38.6 Å². The first-order valence-electron chi connectivity index (χ1n) is 11.0. The zero-order valence-corrected chi connectivity index (χ0v) is 17.2. The van der Waals surface area contributed by atoms with Crippen molar-refractivity contribution < 1.29 is 4.79 Å². The Balaban J connectivity index is 1.19. The Morgan fingerprint density at radius 1 is 0.690 bits per heavy atom. The molecule has 0 saturated carbocycles. The van der Waals surface area contributed by atoms with Gasteiger partial charge >= 0.3 is 0 Å². The second kappa shape index (κ2) is 9.68. The number of hydrogen-bond donors (Lipinski definition) is 2. The van der Waals surface area contributed by atoms with Gasteiger partial charge < -0.3 is 20.4 Å². The number of carbonyl (C=O) groups excluding carboxylic acids is 1. The molecule has 2 fully saturated rings. The van der Waals surface area contributed by atoms with Gasteiger partial charge in [-0.3, -0.25) is 4.79 Å². The SMILES string of the molecule is O=C(CCNc1ccc(N2CCCC2)cc1)Nc1ccc(N2CCCCC2)cc1. The summed E-state index contributed by atoms with van der Waals surface area (Å²) in [6.07, 6.45) is 6.90. The fourth-order valence-corrected chi connectivity index (χ4v) is 4.22. The summed E-state index contributed by atoms with van der Waals surface area (Å²) in [6, 6.07) is 16.8. The highest BCUT2D eigenvalue weighted by molar-refractivity contribution is 5.91. The van der Waals surface area contributed by atoms with Crippen molar-refractivity contribution in [3.8, 4) is 0 Å². The first-order valence-corrected chi connectivity index (χ1v) is 11.0. The predicted molar refractivity (Wildman–Crippen MR) is 122 cm³/mol. The van der Waals surface area contributed by atoms with E-state index in [1.807, 2.05) is 12.1 Å². The number of amides is 1. The van der Waals surface area contributed by atoms with Gasteiger partial charge in [0, 0.05) is 61.9 Å². The molecule has 1 amide bonds. The van der Waals surface area contributed by atoms with E-state index >= 15 is 0 Å². The highest BCUT2D eigenvalue weighted by Crippen LogP contribution is 2.23. The lowest BCUT2D eigenvalue weighted by Crippen LogP contribution is -2.29. The third-order valence-corrected chi connectivity index (χ3v) is 5.89. The van der Waals surface area contributed by atoms with Gasteiger partial charge in [-0.1, -0.05) is 0 Å². The van der Waals surface area contributed by atoms with Crippen molar-refractivity contribution in [2.75, 3.05) is 53.2 Å². The number of piperidine rings is 1. The molecule has 2 N–H and O–H groups in total. The average molecular weight is 393 g/mol. The van der Waals surface area contributed by atoms with Crippen molar-refractivity contribution in [1.29, 1.82) is 0 Å². The van der Waals surface area contributed by atoms with Gasteiger partial charge in [0.1, 0.15) is 0 Å². The van der Waals surface area contributed by atoms with Gasteiger partial charge in [-0.15, -0.1) is 0 Å². The van der Waals surface area contributed by atoms with E-state index < -0.39 is 0 Å². The third kappa shape index (κ3) is 5.43. The molecule has 0 unspecified atom stereocenters. The Kier molecular flexibility index (Phi) is 6.55. The molecule has 29 heavy (non-hydrogen) atoms. The molecule has 2 aliphatic rings. The maximum Gasteiger partial charge on any atom is 0.226 e. The summed E-state index contributed by atoms with van der Waals surface area (Å²) < 4.78 is 0. The second-order valence-corrected chi connectivity index (χ2v) is 8.06. The zero-order valence-electron chi connectivity index (χ0n) is 17.2. The number of benzene rings is 2. The van der Waals surface area contributed by atoms with Gasteiger partial charge in [-0.05, 0) is 80.6 Å². The summed E-state index contributed by atoms with van der Waals surface area (Å²) in [4.78, 5) is 17.1. The topological polar surface area (TPSA) is 47.6 Å². The maximum atomic E-state index is 12.2. The van der Waals surface area contributed by atoms with Crippen molar-refractivity contribution in [2.45, 2.75) is 38.5 Å². The third-order valence-electron chi connectivity index (χ3n) is 5.89. The van der Waals surface area contributed by atoms with E-state index in [2.05, 4.69) is 56.8 Å². The van der Waals surface area contributed by atoms with Gasteiger partial charge in [0.2, 0.25) is 5.91 Å². The van der Waals surface area contributed by atoms with E-state index in [-0.39, 0.29) is 5.91 Å². The molecule has 5 heteroatoms. The Bertz CT molecular complexity index is 776. The van der Waals surface area contributed by atoms with Crippen LogP contribution in [0.5, 0.6) is 0 Å². The molecule has 0 bridgehead atoms. The molecule has 0 radical (unpaired) electrons. The van der Waals surface area contributed by atoms with Crippen LogP contribution in [0.1, 0.15) is 38.5 Å². The highest BCUT2D eigenvalue weighted by atomic mass is 16.1. The van der Waals surface area contributed by atoms with Crippen molar-refractivity contribution in [3.63, 3.8) is 0 Å². The van der Waals surface area contributed by atoms with Crippen LogP contribution in [0.2, 0.25) is 0 Å². The number of rotatable bonds is 7. The minimum absolute atomic E-state index is 0.0388. The number of carbonyl (C=O) groups is 1. The van der Waals surface area contributed by atoms with Crippen LogP contribution in [-0.2, 0) is 4.79 Å². The Morgan fingerprint density at radius 2 is 1.17 bits per heavy atom. The summed E-state index contributed by atoms with van der Waals surface area (Å²) >= 11 is 0. The van der Waals surface area contributed by atoms with E-state index in [4.69, 9.17) is 0 Å². The number of hydrogen-bond acceptors (Lipinski definition) is 4. The number of nitrogens with one attached hydrogen (secondary N) is 2. The van der Waals surface area contributed by atoms with Crippen LogP contribution in [0.25, 0.3) is 0 Å². The van der Waals surface area contributed by atoms with Crippen LogP contribution in [0.3, 0.4) is 0 Å². The number of nitrogens with zero attached hydrogens (tertiary/aromatic N) is 2. The van der Waals surface area contributed by atoms with E-state index in [0.717, 1.165) is 37.6 Å². The van der Waals surface area contributed by atoms with Gasteiger partial charge in [0.25, 0.3) is 0 Å². The lowest BCUT2D eigenvalue weighted by atomic mass is 10.1. The van der Waals surface area contributed by atoms with Crippen LogP contribution in [0.15, 0.2) is 48.5 Å². The van der Waals surface area contributed by atoms with Crippen LogP contribution < -0.4 is 20.4 Å². The van der Waals surface area contributed by atoms with Gasteiger partial charge in [0.15, 0.2) is 0 Å². The Morgan fingerprint density at radius 3 is 1.72 bits per heavy atom. The quantitative estimate of drug-likeness (QED) is 0.716. The van der Waals surface area contributed by atoms with Crippen LogP contribution >= 0.6 is 0 Å². The van der Waals surface area contributed by atoms with Gasteiger partial charge in [-0.2, -0.15) is 0 Å². The molecule has 154 valence electrons. The zero-order chi connectivity index (χ0) is 19.9. The second-order valence-electron chi connectivity index (χ2n) is 8.06. The summed E-state index contributed by atoms with van der Waals surface area (Å²) in [5.41, 5.74) is 4.47.